The summed E-state index contributed by atoms with van der Waals surface area (Å²) in [7, 11) is 3.71. The van der Waals surface area contributed by atoms with Crippen molar-refractivity contribution in [1.29, 1.82) is 5.26 Å². The number of nitrogens with one attached hydrogen (secondary N) is 3. The normalized spacial score (nSPS) is 18.5. The number of aromatic nitrogens is 4. The molecule has 3 aliphatic heterocycles. The number of benzene rings is 3. The Morgan fingerprint density at radius 3 is 2.30 bits per heavy atom. The van der Waals surface area contributed by atoms with E-state index in [1.807, 2.05) is 55.6 Å². The molecule has 4 aliphatic rings. The summed E-state index contributed by atoms with van der Waals surface area (Å²) in [5.74, 6) is 0.807. The molecule has 3 aromatic carbocycles. The zero-order valence-corrected chi connectivity index (χ0v) is 54.4. The molecule has 9 rings (SSSR count). The van der Waals surface area contributed by atoms with Crippen molar-refractivity contribution in [1.82, 2.24) is 50.6 Å². The van der Waals surface area contributed by atoms with Crippen molar-refractivity contribution in [2.45, 2.75) is 124 Å². The fraction of sp³-hybridized carbons (Fsp3) is 0.576. The minimum atomic E-state index is -1.14. The van der Waals surface area contributed by atoms with Crippen LogP contribution in [-0.2, 0) is 59.6 Å². The Bertz CT molecular complexity index is 3310. The minimum absolute atomic E-state index is 0.0314. The van der Waals surface area contributed by atoms with Gasteiger partial charge >= 0.3 is 0 Å². The van der Waals surface area contributed by atoms with E-state index in [2.05, 4.69) is 67.2 Å². The third-order valence-electron chi connectivity index (χ3n) is 16.6. The summed E-state index contributed by atoms with van der Waals surface area (Å²) >= 11 is 1.51. The van der Waals surface area contributed by atoms with Crippen LogP contribution in [0.5, 0.6) is 23.0 Å². The number of piperidine rings is 1. The predicted molar refractivity (Wildman–Crippen MR) is 340 cm³/mol. The minimum Gasteiger partial charge on any atom is -0.497 e. The first-order chi connectivity index (χ1) is 43.9. The van der Waals surface area contributed by atoms with E-state index >= 15 is 0 Å². The highest BCUT2D eigenvalue weighted by molar-refractivity contribution is 7.13. The molecule has 24 nitrogen and oxygen atoms in total. The number of carbonyl (C=O) groups is 4. The summed E-state index contributed by atoms with van der Waals surface area (Å²) < 4.78 is 49.4. The van der Waals surface area contributed by atoms with Crippen LogP contribution in [0, 0.1) is 29.1 Å². The highest BCUT2D eigenvalue weighted by Gasteiger charge is 2.53. The van der Waals surface area contributed by atoms with Gasteiger partial charge in [0.1, 0.15) is 66.0 Å². The molecule has 4 atom stereocenters. The van der Waals surface area contributed by atoms with Gasteiger partial charge < -0.3 is 68.8 Å². The lowest BCUT2D eigenvalue weighted by molar-refractivity contribution is -0.144. The van der Waals surface area contributed by atoms with Crippen LogP contribution in [0.3, 0.4) is 0 Å². The van der Waals surface area contributed by atoms with E-state index in [9.17, 15) is 29.5 Å². The number of likely N-dealkylation sites (tertiary alicyclic amines) is 2. The molecule has 0 radical (unpaired) electrons. The van der Waals surface area contributed by atoms with Gasteiger partial charge in [0, 0.05) is 62.4 Å². The molecule has 0 bridgehead atoms. The van der Waals surface area contributed by atoms with Crippen molar-refractivity contribution in [2.75, 3.05) is 113 Å². The molecule has 5 heterocycles. The van der Waals surface area contributed by atoms with E-state index in [0.717, 1.165) is 78.3 Å². The largest absolute Gasteiger partial charge is 0.497 e. The second kappa shape index (κ2) is 32.3. The molecule has 0 unspecified atom stereocenters. The van der Waals surface area contributed by atoms with Crippen molar-refractivity contribution >= 4 is 35.0 Å². The Labute approximate surface area is 537 Å². The number of thiazole rings is 1. The fourth-order valence-corrected chi connectivity index (χ4v) is 12.3. The van der Waals surface area contributed by atoms with Gasteiger partial charge in [-0.3, -0.25) is 24.1 Å². The van der Waals surface area contributed by atoms with Gasteiger partial charge in [-0.05, 0) is 112 Å². The number of β-amino-alcohol motifs (C(OH)–C–C–N with tert-alkyl or cyclic N) is 1. The molecule has 25 heteroatoms. The maximum absolute atomic E-state index is 14.1. The number of nitriles is 1. The van der Waals surface area contributed by atoms with Gasteiger partial charge in [0.15, 0.2) is 0 Å². The van der Waals surface area contributed by atoms with Crippen molar-refractivity contribution in [3.63, 3.8) is 0 Å². The van der Waals surface area contributed by atoms with Crippen LogP contribution < -0.4 is 34.9 Å². The molecule has 3 fully saturated rings. The lowest BCUT2D eigenvalue weighted by atomic mass is 9.85. The second-order valence-electron chi connectivity index (χ2n) is 24.8. The number of fused-ring (bicyclic) bond motifs is 1. The zero-order valence-electron chi connectivity index (χ0n) is 53.6. The molecule has 1 aliphatic carbocycles. The van der Waals surface area contributed by atoms with E-state index in [4.69, 9.17) is 37.9 Å². The van der Waals surface area contributed by atoms with Crippen molar-refractivity contribution in [2.24, 2.45) is 10.8 Å². The van der Waals surface area contributed by atoms with Gasteiger partial charge in [0.25, 0.3) is 5.91 Å². The van der Waals surface area contributed by atoms with Crippen LogP contribution in [0.4, 0.5) is 0 Å². The topological polar surface area (TPSA) is 276 Å². The molecule has 2 saturated heterocycles. The number of carbonyl (C=O) groups excluding carboxylic acids is 4. The molecule has 0 spiro atoms. The quantitative estimate of drug-likeness (QED) is 0.0362. The number of methoxy groups -OCH3 is 1. The SMILES string of the molecule is CCCN1CCOc2c(cc(-c3cc(OC)cc(OCc4cn(CCOCCOCCOCCOCCOc5cc(-c6scnc6C)ccc5CNC(=O)[C@@H]5C[C@@H](O)CN5C(=O)[C@@H](NC(=O)C5(C#N)CC5)C(C)(C)C)nn4)c3)cc2C(=O)N[C@H]2CCCN(C)C2)C1. The summed E-state index contributed by atoms with van der Waals surface area (Å²) in [6.45, 7) is 18.0. The fourth-order valence-electron chi connectivity index (χ4n) is 11.5. The molecule has 492 valence electrons. The van der Waals surface area contributed by atoms with E-state index < -0.39 is 46.7 Å². The summed E-state index contributed by atoms with van der Waals surface area (Å²) in [6.07, 6.45) is 4.76. The molecule has 4 N–H and O–H groups in total. The van der Waals surface area contributed by atoms with Crippen LogP contribution in [0.1, 0.15) is 99.1 Å². The Morgan fingerprint density at radius 2 is 1.62 bits per heavy atom. The number of likely N-dealkylation sites (N-methyl/N-ethyl adjacent to an activating group) is 1. The number of aryl methyl sites for hydroxylation is 1. The van der Waals surface area contributed by atoms with Crippen LogP contribution >= 0.6 is 11.3 Å². The maximum Gasteiger partial charge on any atom is 0.255 e. The van der Waals surface area contributed by atoms with Crippen LogP contribution in [-0.4, -0.2) is 201 Å². The monoisotopic (exact) mass is 1280 g/mol. The molecular formula is C66H89N11O13S. The third kappa shape index (κ3) is 18.7. The lowest BCUT2D eigenvalue weighted by Gasteiger charge is -2.35. The van der Waals surface area contributed by atoms with E-state index in [1.165, 1.54) is 16.2 Å². The highest BCUT2D eigenvalue weighted by Crippen LogP contribution is 2.46. The summed E-state index contributed by atoms with van der Waals surface area (Å²) in [6, 6.07) is 15.6. The summed E-state index contributed by atoms with van der Waals surface area (Å²) in [4.78, 5) is 66.5. The first-order valence-corrected chi connectivity index (χ1v) is 32.5. The first-order valence-electron chi connectivity index (χ1n) is 31.6. The number of ether oxygens (including phenoxy) is 8. The second-order valence-corrected chi connectivity index (χ2v) is 25.7. The van der Waals surface area contributed by atoms with Crippen molar-refractivity contribution in [3.05, 3.63) is 88.3 Å². The number of rotatable bonds is 32. The average Bonchev–Trinajstić information content (AvgIpc) is 1.79. The molecule has 4 amide bonds. The van der Waals surface area contributed by atoms with Crippen LogP contribution in [0.2, 0.25) is 0 Å². The molecular weight excluding hydrogens is 1190 g/mol. The zero-order chi connectivity index (χ0) is 64.5. The molecule has 1 saturated carbocycles. The van der Waals surface area contributed by atoms with Gasteiger partial charge in [0.05, 0.1) is 107 Å². The van der Waals surface area contributed by atoms with E-state index in [1.54, 1.807) is 38.1 Å². The van der Waals surface area contributed by atoms with E-state index in [-0.39, 0.29) is 51.3 Å². The molecule has 5 aromatic rings. The molecule has 2 aromatic heterocycles. The van der Waals surface area contributed by atoms with Gasteiger partial charge in [-0.2, -0.15) is 5.26 Å². The van der Waals surface area contributed by atoms with Gasteiger partial charge in [-0.25, -0.2) is 9.67 Å². The smallest absolute Gasteiger partial charge is 0.255 e. The van der Waals surface area contributed by atoms with Gasteiger partial charge in [-0.1, -0.05) is 45.0 Å². The number of aliphatic hydroxyl groups excluding tert-OH is 1. The number of amides is 4. The number of nitrogens with zero attached hydrogens (tertiary/aromatic N) is 8. The number of aliphatic hydroxyl groups is 1. The highest BCUT2D eigenvalue weighted by atomic mass is 32.1. The Morgan fingerprint density at radius 1 is 0.890 bits per heavy atom. The lowest BCUT2D eigenvalue weighted by Crippen LogP contribution is -2.58. The van der Waals surface area contributed by atoms with Crippen molar-refractivity contribution < 1.29 is 62.2 Å². The molecule has 91 heavy (non-hydrogen) atoms. The summed E-state index contributed by atoms with van der Waals surface area (Å²) in [5.41, 5.74) is 6.23. The summed E-state index contributed by atoms with van der Waals surface area (Å²) in [5, 5.41) is 38.0. The van der Waals surface area contributed by atoms with Gasteiger partial charge in [0.2, 0.25) is 17.7 Å². The Hall–Kier alpha value is -7.28. The van der Waals surface area contributed by atoms with Crippen LogP contribution in [0.15, 0.2) is 60.2 Å². The average molecular weight is 1280 g/mol. The van der Waals surface area contributed by atoms with Gasteiger partial charge in [-0.15, -0.1) is 16.4 Å². The first kappa shape index (κ1) is 68.1. The van der Waals surface area contributed by atoms with Crippen molar-refractivity contribution in [3.8, 4) is 50.6 Å². The Kier molecular flexibility index (Phi) is 24.2. The number of hydrogen-bond donors (Lipinski definition) is 4. The number of hydrogen-bond acceptors (Lipinski definition) is 20. The maximum atomic E-state index is 14.1. The third-order valence-corrected chi connectivity index (χ3v) is 17.6. The Balaban J connectivity index is 0.664. The van der Waals surface area contributed by atoms with Crippen LogP contribution in [0.25, 0.3) is 21.6 Å². The standard InChI is InChI=1S/C66H89N11O13S/c1-8-15-75-17-20-89-58-49(37-75)29-47(32-55(58)61(79)70-50-10-9-16-74(6)38-50)48-30-53(83-7)35-54(31-48)90-41-51-39-76(73-72-51)18-19-84-21-22-85-23-24-86-25-26-87-27-28-88-57-33-45(59-44(2)69-43-91-59)11-12-46(57)36-68-62(80)56-34-52(78)40-77(56)63(81)60(65(3,4)5)71-64(82)66(42-67)13-14-66/h11-12,29-33,35,39,43,50,52,56,60,78H,8-10,13-28,34,36-38,40-41H2,1-7H3,(H,68,80)(H,70,79)(H,71,82)/t50-,52+,56-,60+/m0/s1. The van der Waals surface area contributed by atoms with E-state index in [0.29, 0.717) is 119 Å². The predicted octanol–water partition coefficient (Wildman–Crippen LogP) is 5.95.